The van der Waals surface area contributed by atoms with E-state index in [1.807, 2.05) is 18.2 Å². The molecule has 1 aromatic carbocycles. The molecule has 0 atom stereocenters. The molecule has 0 bridgehead atoms. The Labute approximate surface area is 106 Å². The number of anilines is 1. The Bertz CT molecular complexity index is 585. The zero-order valence-corrected chi connectivity index (χ0v) is 10.2. The van der Waals surface area contributed by atoms with Gasteiger partial charge in [-0.1, -0.05) is 18.2 Å². The summed E-state index contributed by atoms with van der Waals surface area (Å²) in [7, 11) is 0. The van der Waals surface area contributed by atoms with E-state index >= 15 is 0 Å². The minimum Gasteiger partial charge on any atom is -0.265 e. The van der Waals surface area contributed by atoms with Crippen molar-refractivity contribution in [2.45, 2.75) is 12.8 Å². The molecule has 0 aliphatic carbocycles. The molecular weight excluding hydrogens is 222 g/mol. The van der Waals surface area contributed by atoms with E-state index in [1.54, 1.807) is 12.4 Å². The van der Waals surface area contributed by atoms with Crippen molar-refractivity contribution in [2.75, 3.05) is 11.6 Å². The molecule has 0 saturated carbocycles. The van der Waals surface area contributed by atoms with E-state index in [0.29, 0.717) is 0 Å². The Kier molecular flexibility index (Phi) is 3.05. The van der Waals surface area contributed by atoms with Gasteiger partial charge >= 0.3 is 0 Å². The van der Waals surface area contributed by atoms with Gasteiger partial charge in [0.25, 0.3) is 0 Å². The number of para-hydroxylation sites is 1. The summed E-state index contributed by atoms with van der Waals surface area (Å²) in [5, 5.41) is 7.72. The van der Waals surface area contributed by atoms with Gasteiger partial charge in [-0.15, -0.1) is 0 Å². The molecule has 0 N–H and O–H groups in total. The predicted molar refractivity (Wildman–Crippen MR) is 71.9 cm³/mol. The first kappa shape index (κ1) is 11.0. The standard InChI is InChI=1S/C15H15N3/c1-2-8-15-13(5-1)6-4-12-18(15)17-14-7-3-10-16-11-9-14/h1-3,5,7-11H,4,6,12H2. The lowest BCUT2D eigenvalue weighted by Gasteiger charge is -2.26. The lowest BCUT2D eigenvalue weighted by Crippen LogP contribution is -2.26. The van der Waals surface area contributed by atoms with Crippen LogP contribution in [0.1, 0.15) is 12.0 Å². The summed E-state index contributed by atoms with van der Waals surface area (Å²) >= 11 is 0. The molecule has 0 unspecified atom stereocenters. The van der Waals surface area contributed by atoms with Gasteiger partial charge < -0.3 is 0 Å². The van der Waals surface area contributed by atoms with Crippen molar-refractivity contribution >= 4 is 5.69 Å². The average Bonchev–Trinajstić information content (AvgIpc) is 2.68. The number of aryl methyl sites for hydroxylation is 1. The lowest BCUT2D eigenvalue weighted by atomic mass is 10.0. The monoisotopic (exact) mass is 237 g/mol. The van der Waals surface area contributed by atoms with E-state index < -0.39 is 0 Å². The number of nitrogens with zero attached hydrogens (tertiary/aromatic N) is 3. The van der Waals surface area contributed by atoms with Gasteiger partial charge in [0.2, 0.25) is 0 Å². The Balaban J connectivity index is 2.03. The minimum absolute atomic E-state index is 0.934. The van der Waals surface area contributed by atoms with E-state index in [1.165, 1.54) is 11.3 Å². The normalized spacial score (nSPS) is 15.3. The minimum atomic E-state index is 0.934. The third-order valence-corrected chi connectivity index (χ3v) is 3.09. The van der Waals surface area contributed by atoms with Gasteiger partial charge in [0, 0.05) is 18.9 Å². The molecular formula is C15H15N3. The Hall–Kier alpha value is -2.16. The summed E-state index contributed by atoms with van der Waals surface area (Å²) in [6.07, 6.45) is 5.84. The molecule has 0 spiro atoms. The summed E-state index contributed by atoms with van der Waals surface area (Å²) in [4.78, 5) is 4.07. The van der Waals surface area contributed by atoms with Gasteiger partial charge in [-0.25, -0.2) is 0 Å². The van der Waals surface area contributed by atoms with Crippen LogP contribution in [0.3, 0.4) is 0 Å². The second-order valence-corrected chi connectivity index (χ2v) is 4.35. The summed E-state index contributed by atoms with van der Waals surface area (Å²) in [6.45, 7) is 0.975. The van der Waals surface area contributed by atoms with Crippen LogP contribution in [0.4, 0.5) is 5.69 Å². The van der Waals surface area contributed by atoms with E-state index in [-0.39, 0.29) is 0 Å². The predicted octanol–water partition coefficient (Wildman–Crippen LogP) is 2.35. The summed E-state index contributed by atoms with van der Waals surface area (Å²) < 4.78 is 0. The number of hydrogen-bond donors (Lipinski definition) is 0. The van der Waals surface area contributed by atoms with Crippen LogP contribution < -0.4 is 10.4 Å². The molecule has 2 aromatic rings. The quantitative estimate of drug-likeness (QED) is 0.761. The van der Waals surface area contributed by atoms with Crippen LogP contribution in [0, 0.1) is 0 Å². The van der Waals surface area contributed by atoms with Crippen molar-refractivity contribution in [3.8, 4) is 0 Å². The summed E-state index contributed by atoms with van der Waals surface area (Å²) in [5.41, 5.74) is 2.61. The molecule has 3 nitrogen and oxygen atoms in total. The second-order valence-electron chi connectivity index (χ2n) is 4.35. The first-order valence-electron chi connectivity index (χ1n) is 6.24. The molecule has 18 heavy (non-hydrogen) atoms. The molecule has 90 valence electrons. The van der Waals surface area contributed by atoms with Crippen LogP contribution in [0.15, 0.2) is 60.0 Å². The van der Waals surface area contributed by atoms with Crippen LogP contribution in [-0.2, 0) is 6.42 Å². The fourth-order valence-electron chi connectivity index (χ4n) is 2.24. The highest BCUT2D eigenvalue weighted by atomic mass is 15.5. The molecule has 3 rings (SSSR count). The van der Waals surface area contributed by atoms with Crippen LogP contribution in [0.2, 0.25) is 0 Å². The zero-order chi connectivity index (χ0) is 12.2. The molecule has 3 heteroatoms. The first-order valence-corrected chi connectivity index (χ1v) is 6.24. The molecule has 0 fully saturated rings. The largest absolute Gasteiger partial charge is 0.265 e. The van der Waals surface area contributed by atoms with Crippen molar-refractivity contribution < 1.29 is 0 Å². The molecule has 1 aliphatic rings. The van der Waals surface area contributed by atoms with E-state index in [4.69, 9.17) is 5.10 Å². The summed E-state index contributed by atoms with van der Waals surface area (Å²) in [6, 6.07) is 14.3. The van der Waals surface area contributed by atoms with Crippen molar-refractivity contribution in [3.63, 3.8) is 0 Å². The van der Waals surface area contributed by atoms with Gasteiger partial charge in [-0.3, -0.25) is 9.99 Å². The van der Waals surface area contributed by atoms with Crippen LogP contribution in [0.25, 0.3) is 0 Å². The van der Waals surface area contributed by atoms with Crippen molar-refractivity contribution in [1.82, 2.24) is 4.98 Å². The number of rotatable bonds is 1. The second kappa shape index (κ2) is 5.00. The smallest absolute Gasteiger partial charge is 0.0851 e. The van der Waals surface area contributed by atoms with E-state index in [0.717, 1.165) is 24.7 Å². The van der Waals surface area contributed by atoms with Gasteiger partial charge in [0.1, 0.15) is 0 Å². The fraction of sp³-hybridized carbons (Fsp3) is 0.200. The van der Waals surface area contributed by atoms with Gasteiger partial charge in [0.15, 0.2) is 0 Å². The lowest BCUT2D eigenvalue weighted by molar-refractivity contribution is 0.704. The number of aromatic nitrogens is 1. The fourth-order valence-corrected chi connectivity index (χ4v) is 2.24. The Morgan fingerprint density at radius 2 is 1.94 bits per heavy atom. The van der Waals surface area contributed by atoms with Crippen molar-refractivity contribution in [2.24, 2.45) is 5.10 Å². The average molecular weight is 237 g/mol. The highest BCUT2D eigenvalue weighted by Crippen LogP contribution is 2.26. The van der Waals surface area contributed by atoms with Gasteiger partial charge in [-0.05, 0) is 42.7 Å². The number of benzene rings is 1. The Morgan fingerprint density at radius 1 is 1.00 bits per heavy atom. The highest BCUT2D eigenvalue weighted by molar-refractivity contribution is 5.54. The SMILES string of the molecule is c1ccc2c(c1)CCCN2N=c1cccncc1. The van der Waals surface area contributed by atoms with Crippen LogP contribution in [-0.4, -0.2) is 11.5 Å². The Morgan fingerprint density at radius 3 is 2.94 bits per heavy atom. The zero-order valence-electron chi connectivity index (χ0n) is 10.2. The molecule has 0 saturated heterocycles. The van der Waals surface area contributed by atoms with Crippen molar-refractivity contribution in [1.29, 1.82) is 0 Å². The topological polar surface area (TPSA) is 28.5 Å². The molecule has 0 radical (unpaired) electrons. The molecule has 0 amide bonds. The maximum atomic E-state index is 4.69. The number of fused-ring (bicyclic) bond motifs is 1. The number of hydrogen-bond acceptors (Lipinski definition) is 3. The van der Waals surface area contributed by atoms with Gasteiger partial charge in [-0.2, -0.15) is 5.10 Å². The van der Waals surface area contributed by atoms with Crippen molar-refractivity contribution in [3.05, 3.63) is 65.8 Å². The third kappa shape index (κ3) is 2.25. The molecule has 1 aromatic heterocycles. The molecule has 1 aliphatic heterocycles. The highest BCUT2D eigenvalue weighted by Gasteiger charge is 2.14. The van der Waals surface area contributed by atoms with E-state index in [9.17, 15) is 0 Å². The maximum Gasteiger partial charge on any atom is 0.0851 e. The van der Waals surface area contributed by atoms with Crippen LogP contribution >= 0.6 is 0 Å². The first-order chi connectivity index (χ1) is 8.93. The summed E-state index contributed by atoms with van der Waals surface area (Å²) in [5.74, 6) is 0. The third-order valence-electron chi connectivity index (χ3n) is 3.09. The maximum absolute atomic E-state index is 4.69. The van der Waals surface area contributed by atoms with E-state index in [2.05, 4.69) is 34.3 Å². The van der Waals surface area contributed by atoms with Gasteiger partial charge in [0.05, 0.1) is 11.0 Å². The van der Waals surface area contributed by atoms with Crippen LogP contribution in [0.5, 0.6) is 0 Å². The molecule has 2 heterocycles.